The Balaban J connectivity index is 1.86. The van der Waals surface area contributed by atoms with Crippen LogP contribution in [0.5, 0.6) is 0 Å². The second-order valence-corrected chi connectivity index (χ2v) is 6.96. The molecule has 1 aromatic carbocycles. The fourth-order valence-corrected chi connectivity index (χ4v) is 3.80. The largest absolute Gasteiger partial charge is 0.311 e. The van der Waals surface area contributed by atoms with E-state index >= 15 is 0 Å². The predicted molar refractivity (Wildman–Crippen MR) is 82.6 cm³/mol. The highest BCUT2D eigenvalue weighted by Crippen LogP contribution is 2.39. The van der Waals surface area contributed by atoms with E-state index in [0.717, 1.165) is 23.7 Å². The van der Waals surface area contributed by atoms with E-state index in [-0.39, 0.29) is 0 Å². The van der Waals surface area contributed by atoms with E-state index in [0.29, 0.717) is 4.75 Å². The Kier molecular flexibility index (Phi) is 4.99. The van der Waals surface area contributed by atoms with Crippen molar-refractivity contribution in [2.45, 2.75) is 43.9 Å². The van der Waals surface area contributed by atoms with E-state index < -0.39 is 0 Å². The molecular weight excluding hydrogens is 262 g/mol. The number of hydrogen-bond donors (Lipinski definition) is 1. The van der Waals surface area contributed by atoms with E-state index in [9.17, 15) is 0 Å². The number of halogens is 1. The molecule has 0 saturated heterocycles. The van der Waals surface area contributed by atoms with Gasteiger partial charge < -0.3 is 5.32 Å². The molecule has 1 N–H and O–H groups in total. The van der Waals surface area contributed by atoms with Crippen molar-refractivity contribution >= 4 is 23.4 Å². The number of thioether (sulfide) groups is 1. The summed E-state index contributed by atoms with van der Waals surface area (Å²) in [7, 11) is 0. The van der Waals surface area contributed by atoms with Gasteiger partial charge in [-0.25, -0.2) is 0 Å². The van der Waals surface area contributed by atoms with E-state index in [1.54, 1.807) is 0 Å². The quantitative estimate of drug-likeness (QED) is 0.859. The predicted octanol–water partition coefficient (Wildman–Crippen LogP) is 4.41. The van der Waals surface area contributed by atoms with Crippen molar-refractivity contribution in [3.63, 3.8) is 0 Å². The van der Waals surface area contributed by atoms with Crippen LogP contribution < -0.4 is 5.32 Å². The van der Waals surface area contributed by atoms with E-state index in [2.05, 4.69) is 29.8 Å². The summed E-state index contributed by atoms with van der Waals surface area (Å²) in [5.74, 6) is 0. The molecule has 100 valence electrons. The Morgan fingerprint density at radius 3 is 2.67 bits per heavy atom. The summed E-state index contributed by atoms with van der Waals surface area (Å²) in [5, 5.41) is 4.47. The summed E-state index contributed by atoms with van der Waals surface area (Å²) >= 11 is 8.17. The van der Waals surface area contributed by atoms with Crippen molar-refractivity contribution in [2.24, 2.45) is 0 Å². The third-order valence-corrected chi connectivity index (χ3v) is 5.79. The first-order valence-corrected chi connectivity index (χ1v) is 8.26. The van der Waals surface area contributed by atoms with Crippen LogP contribution in [-0.4, -0.2) is 17.5 Å². The molecule has 1 nitrogen and oxygen atoms in total. The van der Waals surface area contributed by atoms with Crippen LogP contribution in [-0.2, 0) is 6.54 Å². The van der Waals surface area contributed by atoms with Gasteiger partial charge in [0.25, 0.3) is 0 Å². The summed E-state index contributed by atoms with van der Waals surface area (Å²) in [6.45, 7) is 4.07. The summed E-state index contributed by atoms with van der Waals surface area (Å²) in [5.41, 5.74) is 2.43. The van der Waals surface area contributed by atoms with E-state index in [1.165, 1.54) is 31.2 Å². The van der Waals surface area contributed by atoms with Crippen LogP contribution in [0.15, 0.2) is 18.2 Å². The maximum Gasteiger partial charge on any atom is 0.0438 e. The molecule has 1 saturated carbocycles. The molecule has 1 aliphatic rings. The molecule has 0 atom stereocenters. The van der Waals surface area contributed by atoms with Gasteiger partial charge in [-0.2, -0.15) is 11.8 Å². The molecule has 1 fully saturated rings. The summed E-state index contributed by atoms with van der Waals surface area (Å²) in [6.07, 6.45) is 7.74. The highest BCUT2D eigenvalue weighted by Gasteiger charge is 2.32. The summed E-state index contributed by atoms with van der Waals surface area (Å²) < 4.78 is 0.481. The molecule has 0 spiro atoms. The Labute approximate surface area is 120 Å². The van der Waals surface area contributed by atoms with Crippen molar-refractivity contribution in [1.82, 2.24) is 5.32 Å². The van der Waals surface area contributed by atoms with Gasteiger partial charge in [0.1, 0.15) is 0 Å². The van der Waals surface area contributed by atoms with Crippen LogP contribution in [0.25, 0.3) is 0 Å². The van der Waals surface area contributed by atoms with Gasteiger partial charge in [-0.3, -0.25) is 0 Å². The fraction of sp³-hybridized carbons (Fsp3) is 0.600. The smallest absolute Gasteiger partial charge is 0.0438 e. The first-order chi connectivity index (χ1) is 8.65. The van der Waals surface area contributed by atoms with Gasteiger partial charge in [-0.1, -0.05) is 36.6 Å². The van der Waals surface area contributed by atoms with Crippen LogP contribution in [0.4, 0.5) is 0 Å². The normalized spacial score (nSPS) is 18.2. The molecule has 0 unspecified atom stereocenters. The molecule has 0 aromatic heterocycles. The SMILES string of the molecule is CSC1(CNCc2ccc(C)c(Cl)c2)CCCC1. The Hall–Kier alpha value is -0.180. The summed E-state index contributed by atoms with van der Waals surface area (Å²) in [4.78, 5) is 0. The molecule has 0 radical (unpaired) electrons. The van der Waals surface area contributed by atoms with Crippen LogP contribution in [0, 0.1) is 6.92 Å². The van der Waals surface area contributed by atoms with Crippen molar-refractivity contribution in [2.75, 3.05) is 12.8 Å². The summed E-state index contributed by atoms with van der Waals surface area (Å²) in [6, 6.07) is 6.33. The number of benzene rings is 1. The molecule has 1 aromatic rings. The minimum atomic E-state index is 0.481. The zero-order chi connectivity index (χ0) is 13.0. The molecule has 1 aliphatic carbocycles. The Bertz CT molecular complexity index is 399. The van der Waals surface area contributed by atoms with Gasteiger partial charge in [-0.15, -0.1) is 0 Å². The standard InChI is InChI=1S/C15H22ClNS/c1-12-5-6-13(9-14(12)16)10-17-11-15(18-2)7-3-4-8-15/h5-6,9,17H,3-4,7-8,10-11H2,1-2H3. The fourth-order valence-electron chi connectivity index (χ4n) is 2.65. The van der Waals surface area contributed by atoms with Crippen molar-refractivity contribution in [3.8, 4) is 0 Å². The van der Waals surface area contributed by atoms with Gasteiger partial charge >= 0.3 is 0 Å². The van der Waals surface area contributed by atoms with Crippen molar-refractivity contribution in [1.29, 1.82) is 0 Å². The molecule has 18 heavy (non-hydrogen) atoms. The molecule has 2 rings (SSSR count). The third-order valence-electron chi connectivity index (χ3n) is 3.96. The first kappa shape index (κ1) is 14.2. The Morgan fingerprint density at radius 2 is 2.06 bits per heavy atom. The highest BCUT2D eigenvalue weighted by molar-refractivity contribution is 8.00. The average Bonchev–Trinajstić information content (AvgIpc) is 2.83. The number of rotatable bonds is 5. The Morgan fingerprint density at radius 1 is 1.33 bits per heavy atom. The maximum absolute atomic E-state index is 6.14. The molecule has 0 amide bonds. The zero-order valence-electron chi connectivity index (χ0n) is 11.3. The van der Waals surface area contributed by atoms with Gasteiger partial charge in [0.05, 0.1) is 0 Å². The van der Waals surface area contributed by atoms with Crippen LogP contribution >= 0.6 is 23.4 Å². The minimum Gasteiger partial charge on any atom is -0.311 e. The topological polar surface area (TPSA) is 12.0 Å². The van der Waals surface area contributed by atoms with Gasteiger partial charge in [0.15, 0.2) is 0 Å². The number of hydrogen-bond acceptors (Lipinski definition) is 2. The lowest BCUT2D eigenvalue weighted by molar-refractivity contribution is 0.534. The molecular formula is C15H22ClNS. The van der Waals surface area contributed by atoms with Crippen molar-refractivity contribution in [3.05, 3.63) is 34.3 Å². The van der Waals surface area contributed by atoms with Gasteiger partial charge in [0, 0.05) is 22.9 Å². The lowest BCUT2D eigenvalue weighted by Gasteiger charge is -2.27. The second kappa shape index (κ2) is 6.31. The minimum absolute atomic E-state index is 0.481. The number of aryl methyl sites for hydroxylation is 1. The van der Waals surface area contributed by atoms with Crippen LogP contribution in [0.3, 0.4) is 0 Å². The first-order valence-electron chi connectivity index (χ1n) is 6.66. The molecule has 0 heterocycles. The van der Waals surface area contributed by atoms with Crippen LogP contribution in [0.2, 0.25) is 5.02 Å². The molecule has 3 heteroatoms. The second-order valence-electron chi connectivity index (χ2n) is 5.28. The molecule has 0 aliphatic heterocycles. The maximum atomic E-state index is 6.14. The third kappa shape index (κ3) is 3.43. The van der Waals surface area contributed by atoms with Crippen molar-refractivity contribution < 1.29 is 0 Å². The average molecular weight is 284 g/mol. The van der Waals surface area contributed by atoms with Gasteiger partial charge in [0.2, 0.25) is 0 Å². The highest BCUT2D eigenvalue weighted by atomic mass is 35.5. The monoisotopic (exact) mass is 283 g/mol. The van der Waals surface area contributed by atoms with E-state index in [1.807, 2.05) is 18.7 Å². The van der Waals surface area contributed by atoms with Gasteiger partial charge in [-0.05, 0) is 43.2 Å². The molecule has 0 bridgehead atoms. The number of nitrogens with one attached hydrogen (secondary N) is 1. The lowest BCUT2D eigenvalue weighted by Crippen LogP contribution is -2.34. The van der Waals surface area contributed by atoms with Crippen LogP contribution in [0.1, 0.15) is 36.8 Å². The van der Waals surface area contributed by atoms with E-state index in [4.69, 9.17) is 11.6 Å². The zero-order valence-corrected chi connectivity index (χ0v) is 12.8. The lowest BCUT2D eigenvalue weighted by atomic mass is 10.1.